The number of halogens is 1. The molecule has 0 bridgehead atoms. The Balaban J connectivity index is 2.67. The topological polar surface area (TPSA) is 56.0 Å². The van der Waals surface area contributed by atoms with E-state index in [0.717, 1.165) is 0 Å². The molecule has 0 saturated carbocycles. The smallest absolute Gasteiger partial charge is 0.175 e. The number of alkyl halides is 1. The second-order valence-electron chi connectivity index (χ2n) is 2.49. The molecule has 0 amide bonds. The highest BCUT2D eigenvalue weighted by Crippen LogP contribution is 2.15. The summed E-state index contributed by atoms with van der Waals surface area (Å²) in [6.45, 7) is 0. The third-order valence-corrected chi connectivity index (χ3v) is 2.22. The summed E-state index contributed by atoms with van der Waals surface area (Å²) in [6.07, 6.45) is 0. The summed E-state index contributed by atoms with van der Waals surface area (Å²) in [4.78, 5) is 11.4. The van der Waals surface area contributed by atoms with Crippen molar-refractivity contribution in [3.63, 3.8) is 0 Å². The monoisotopic (exact) mass is 240 g/mol. The summed E-state index contributed by atoms with van der Waals surface area (Å²) in [6, 6.07) is 5.20. The maximum atomic E-state index is 11.4. The summed E-state index contributed by atoms with van der Waals surface area (Å²) < 4.78 is 4.53. The molecule has 13 heavy (non-hydrogen) atoms. The fraction of sp³-hybridized carbons (Fsp3) is 0.125. The number of nitrogens with zero attached hydrogens (tertiary/aromatic N) is 2. The predicted octanol–water partition coefficient (Wildman–Crippen LogP) is 1.80. The molecule has 0 unspecified atom stereocenters. The average molecular weight is 241 g/mol. The van der Waals surface area contributed by atoms with Crippen LogP contribution >= 0.6 is 15.9 Å². The molecule has 0 fully saturated rings. The highest BCUT2D eigenvalue weighted by atomic mass is 79.9. The van der Waals surface area contributed by atoms with Crippen LogP contribution in [-0.4, -0.2) is 21.4 Å². The lowest BCUT2D eigenvalue weighted by Gasteiger charge is -1.94. The Hall–Kier alpha value is -1.23. The first-order valence-electron chi connectivity index (χ1n) is 3.63. The molecule has 1 heterocycles. The van der Waals surface area contributed by atoms with Crippen LogP contribution in [0.15, 0.2) is 22.8 Å². The van der Waals surface area contributed by atoms with Gasteiger partial charge in [-0.15, -0.1) is 0 Å². The van der Waals surface area contributed by atoms with Crippen LogP contribution < -0.4 is 0 Å². The number of carbonyl (C=O) groups excluding carboxylic acids is 1. The van der Waals surface area contributed by atoms with Crippen LogP contribution in [0.2, 0.25) is 0 Å². The molecule has 0 radical (unpaired) electrons. The summed E-state index contributed by atoms with van der Waals surface area (Å²) in [7, 11) is 0. The number of ketones is 1. The maximum absolute atomic E-state index is 11.4. The van der Waals surface area contributed by atoms with Gasteiger partial charge in [-0.25, -0.2) is 4.63 Å². The highest BCUT2D eigenvalue weighted by molar-refractivity contribution is 9.09. The second-order valence-corrected chi connectivity index (χ2v) is 3.06. The van der Waals surface area contributed by atoms with Crippen molar-refractivity contribution in [2.24, 2.45) is 0 Å². The van der Waals surface area contributed by atoms with Gasteiger partial charge in [0.25, 0.3) is 0 Å². The van der Waals surface area contributed by atoms with Gasteiger partial charge in [-0.3, -0.25) is 4.79 Å². The lowest BCUT2D eigenvalue weighted by atomic mass is 10.1. The van der Waals surface area contributed by atoms with Crippen LogP contribution in [0.5, 0.6) is 0 Å². The van der Waals surface area contributed by atoms with E-state index in [9.17, 15) is 4.79 Å². The van der Waals surface area contributed by atoms with E-state index >= 15 is 0 Å². The van der Waals surface area contributed by atoms with E-state index in [1.165, 1.54) is 0 Å². The van der Waals surface area contributed by atoms with Gasteiger partial charge in [0.2, 0.25) is 0 Å². The quantitative estimate of drug-likeness (QED) is 0.594. The number of fused-ring (bicyclic) bond motifs is 1. The number of Topliss-reactive ketones (excluding diaryl/α,β-unsaturated/α-hetero) is 1. The van der Waals surface area contributed by atoms with Gasteiger partial charge in [0, 0.05) is 5.56 Å². The van der Waals surface area contributed by atoms with Crippen LogP contribution in [-0.2, 0) is 0 Å². The Morgan fingerprint density at radius 2 is 2.31 bits per heavy atom. The molecule has 5 heteroatoms. The second kappa shape index (κ2) is 3.26. The van der Waals surface area contributed by atoms with Gasteiger partial charge in [-0.2, -0.15) is 0 Å². The van der Waals surface area contributed by atoms with Gasteiger partial charge in [0.15, 0.2) is 5.78 Å². The Kier molecular flexibility index (Phi) is 2.10. The van der Waals surface area contributed by atoms with Crippen molar-refractivity contribution in [3.8, 4) is 0 Å². The zero-order valence-electron chi connectivity index (χ0n) is 6.53. The lowest BCUT2D eigenvalue weighted by Crippen LogP contribution is -2.00. The number of aromatic nitrogens is 2. The largest absolute Gasteiger partial charge is 0.293 e. The molecule has 0 atom stereocenters. The molecule has 1 aromatic heterocycles. The van der Waals surface area contributed by atoms with Crippen LogP contribution in [0, 0.1) is 0 Å². The van der Waals surface area contributed by atoms with Crippen LogP contribution in [0.1, 0.15) is 10.4 Å². The standard InChI is InChI=1S/C8H5BrN2O2/c9-4-7(12)5-2-1-3-6-8(5)11-13-10-6/h1-3H,4H2. The van der Waals surface area contributed by atoms with E-state index in [2.05, 4.69) is 30.9 Å². The van der Waals surface area contributed by atoms with E-state index in [4.69, 9.17) is 0 Å². The maximum Gasteiger partial charge on any atom is 0.175 e. The molecule has 0 aliphatic rings. The van der Waals surface area contributed by atoms with E-state index in [-0.39, 0.29) is 11.1 Å². The van der Waals surface area contributed by atoms with Gasteiger partial charge in [-0.05, 0) is 22.4 Å². The van der Waals surface area contributed by atoms with Crippen LogP contribution in [0.25, 0.3) is 11.0 Å². The van der Waals surface area contributed by atoms with E-state index < -0.39 is 0 Å². The molecule has 2 rings (SSSR count). The van der Waals surface area contributed by atoms with E-state index in [0.29, 0.717) is 16.6 Å². The zero-order valence-corrected chi connectivity index (χ0v) is 8.11. The van der Waals surface area contributed by atoms with Crippen LogP contribution in [0.4, 0.5) is 0 Å². The molecule has 0 aliphatic heterocycles. The van der Waals surface area contributed by atoms with Crippen molar-refractivity contribution in [3.05, 3.63) is 23.8 Å². The molecule has 2 aromatic rings. The lowest BCUT2D eigenvalue weighted by molar-refractivity contribution is 0.102. The summed E-state index contributed by atoms with van der Waals surface area (Å²) >= 11 is 3.10. The number of carbonyl (C=O) groups is 1. The molecular weight excluding hydrogens is 236 g/mol. The molecular formula is C8H5BrN2O2. The van der Waals surface area contributed by atoms with Crippen molar-refractivity contribution in [1.82, 2.24) is 10.3 Å². The van der Waals surface area contributed by atoms with Crippen molar-refractivity contribution in [2.75, 3.05) is 5.33 Å². The van der Waals surface area contributed by atoms with Crippen molar-refractivity contribution < 1.29 is 9.42 Å². The summed E-state index contributed by atoms with van der Waals surface area (Å²) in [5.74, 6) is -0.0266. The summed E-state index contributed by atoms with van der Waals surface area (Å²) in [5, 5.41) is 7.58. The first-order valence-corrected chi connectivity index (χ1v) is 4.75. The van der Waals surface area contributed by atoms with Crippen molar-refractivity contribution in [2.45, 2.75) is 0 Å². The van der Waals surface area contributed by atoms with Gasteiger partial charge >= 0.3 is 0 Å². The van der Waals surface area contributed by atoms with Crippen LogP contribution in [0.3, 0.4) is 0 Å². The zero-order chi connectivity index (χ0) is 9.26. The van der Waals surface area contributed by atoms with Gasteiger partial charge in [-0.1, -0.05) is 22.0 Å². The Morgan fingerprint density at radius 3 is 3.08 bits per heavy atom. The Labute approximate surface area is 82.0 Å². The molecule has 4 nitrogen and oxygen atoms in total. The molecule has 1 aromatic carbocycles. The first-order chi connectivity index (χ1) is 6.33. The Morgan fingerprint density at radius 1 is 1.46 bits per heavy atom. The van der Waals surface area contributed by atoms with Crippen molar-refractivity contribution in [1.29, 1.82) is 0 Å². The van der Waals surface area contributed by atoms with Gasteiger partial charge in [0.1, 0.15) is 11.0 Å². The average Bonchev–Trinajstić information content (AvgIpc) is 2.63. The number of hydrogen-bond donors (Lipinski definition) is 0. The molecule has 0 saturated heterocycles. The fourth-order valence-electron chi connectivity index (χ4n) is 1.10. The normalized spacial score (nSPS) is 10.5. The van der Waals surface area contributed by atoms with Gasteiger partial charge < -0.3 is 0 Å². The minimum atomic E-state index is -0.0266. The number of benzene rings is 1. The fourth-order valence-corrected chi connectivity index (χ4v) is 1.41. The highest BCUT2D eigenvalue weighted by Gasteiger charge is 2.11. The third-order valence-electron chi connectivity index (χ3n) is 1.71. The number of rotatable bonds is 2. The molecule has 0 N–H and O–H groups in total. The molecule has 0 aliphatic carbocycles. The van der Waals surface area contributed by atoms with Crippen molar-refractivity contribution >= 4 is 32.7 Å². The first kappa shape index (κ1) is 8.37. The van der Waals surface area contributed by atoms with Gasteiger partial charge in [0.05, 0.1) is 5.33 Å². The van der Waals surface area contributed by atoms with E-state index in [1.54, 1.807) is 18.2 Å². The number of hydrogen-bond acceptors (Lipinski definition) is 4. The molecule has 66 valence electrons. The molecule has 0 spiro atoms. The minimum absolute atomic E-state index is 0.0266. The third kappa shape index (κ3) is 1.35. The predicted molar refractivity (Wildman–Crippen MR) is 49.9 cm³/mol. The summed E-state index contributed by atoms with van der Waals surface area (Å²) in [5.41, 5.74) is 1.66. The van der Waals surface area contributed by atoms with E-state index in [1.807, 2.05) is 0 Å². The Bertz CT molecular complexity index is 452. The SMILES string of the molecule is O=C(CBr)c1cccc2nonc12. The minimum Gasteiger partial charge on any atom is -0.293 e.